The van der Waals surface area contributed by atoms with Crippen LogP contribution >= 0.6 is 23.4 Å². The quantitative estimate of drug-likeness (QED) is 0.842. The topological polar surface area (TPSA) is 35.2 Å². The molecule has 0 radical (unpaired) electrons. The zero-order valence-corrected chi connectivity index (χ0v) is 10.7. The van der Waals surface area contributed by atoms with Crippen LogP contribution in [0.3, 0.4) is 0 Å². The number of hydrogen-bond donors (Lipinski definition) is 1. The van der Waals surface area contributed by atoms with Crippen molar-refractivity contribution in [3.63, 3.8) is 0 Å². The van der Waals surface area contributed by atoms with Gasteiger partial charge in [0.25, 0.3) is 0 Å². The van der Waals surface area contributed by atoms with Gasteiger partial charge in [-0.15, -0.1) is 11.8 Å². The third-order valence-corrected chi connectivity index (χ3v) is 4.31. The van der Waals surface area contributed by atoms with E-state index in [1.54, 1.807) is 11.8 Å². The van der Waals surface area contributed by atoms with Crippen LogP contribution in [-0.4, -0.2) is 18.5 Å². The molecule has 1 aliphatic rings. The zero-order valence-electron chi connectivity index (χ0n) is 9.12. The molecule has 2 nitrogen and oxygen atoms in total. The lowest BCUT2D eigenvalue weighted by Crippen LogP contribution is -2.07. The highest BCUT2D eigenvalue weighted by Gasteiger charge is 2.16. The molecule has 88 valence electrons. The molecule has 0 spiro atoms. The van der Waals surface area contributed by atoms with Gasteiger partial charge in [-0.3, -0.25) is 0 Å². The molecule has 1 aliphatic heterocycles. The largest absolute Gasteiger partial charge is 0.377 e. The summed E-state index contributed by atoms with van der Waals surface area (Å²) in [5.74, 6) is 0.988. The van der Waals surface area contributed by atoms with Gasteiger partial charge < -0.3 is 10.5 Å². The van der Waals surface area contributed by atoms with Gasteiger partial charge in [-0.05, 0) is 30.5 Å². The smallest absolute Gasteiger partial charge is 0.0669 e. The molecule has 0 bridgehead atoms. The highest BCUT2D eigenvalue weighted by Crippen LogP contribution is 2.30. The van der Waals surface area contributed by atoms with Crippen LogP contribution in [0.4, 0.5) is 0 Å². The summed E-state index contributed by atoms with van der Waals surface area (Å²) in [6, 6.07) is 6.02. The van der Waals surface area contributed by atoms with Gasteiger partial charge in [0, 0.05) is 23.8 Å². The van der Waals surface area contributed by atoms with Gasteiger partial charge in [-0.2, -0.15) is 0 Å². The third kappa shape index (κ3) is 3.14. The molecular weight excluding hydrogens is 242 g/mol. The maximum absolute atomic E-state index is 6.18. The van der Waals surface area contributed by atoms with Crippen LogP contribution in [0.25, 0.3) is 0 Å². The molecule has 1 aromatic carbocycles. The predicted octanol–water partition coefficient (Wildman–Crippen LogP) is 3.07. The number of benzene rings is 1. The highest BCUT2D eigenvalue weighted by atomic mass is 35.5. The maximum Gasteiger partial charge on any atom is 0.0669 e. The summed E-state index contributed by atoms with van der Waals surface area (Å²) in [5, 5.41) is 0.797. The zero-order chi connectivity index (χ0) is 11.4. The molecule has 1 heterocycles. The van der Waals surface area contributed by atoms with Crippen LogP contribution in [0.2, 0.25) is 5.02 Å². The van der Waals surface area contributed by atoms with Crippen LogP contribution < -0.4 is 5.73 Å². The minimum absolute atomic E-state index is 0.398. The predicted molar refractivity (Wildman–Crippen MR) is 69.0 cm³/mol. The number of thioether (sulfide) groups is 1. The van der Waals surface area contributed by atoms with E-state index < -0.39 is 0 Å². The van der Waals surface area contributed by atoms with E-state index in [2.05, 4.69) is 0 Å². The summed E-state index contributed by atoms with van der Waals surface area (Å²) < 4.78 is 5.58. The molecule has 0 amide bonds. The van der Waals surface area contributed by atoms with E-state index in [1.165, 1.54) is 12.8 Å². The summed E-state index contributed by atoms with van der Waals surface area (Å²) in [6.07, 6.45) is 2.76. The highest BCUT2D eigenvalue weighted by molar-refractivity contribution is 7.99. The van der Waals surface area contributed by atoms with Crippen molar-refractivity contribution in [1.29, 1.82) is 0 Å². The molecule has 1 aromatic rings. The van der Waals surface area contributed by atoms with Crippen molar-refractivity contribution in [2.45, 2.75) is 30.4 Å². The Morgan fingerprint density at radius 1 is 1.50 bits per heavy atom. The number of halogens is 1. The van der Waals surface area contributed by atoms with E-state index in [1.807, 2.05) is 18.2 Å². The van der Waals surface area contributed by atoms with Crippen molar-refractivity contribution in [3.8, 4) is 0 Å². The molecule has 2 N–H and O–H groups in total. The van der Waals surface area contributed by atoms with E-state index in [9.17, 15) is 0 Å². The molecular formula is C12H16ClNOS. The molecule has 2 rings (SSSR count). The SMILES string of the molecule is NCc1ccc(SCC2CCCO2)c(Cl)c1. The van der Waals surface area contributed by atoms with Crippen molar-refractivity contribution in [3.05, 3.63) is 28.8 Å². The van der Waals surface area contributed by atoms with Crippen molar-refractivity contribution < 1.29 is 4.74 Å². The summed E-state index contributed by atoms with van der Waals surface area (Å²) >= 11 is 7.94. The molecule has 1 unspecified atom stereocenters. The van der Waals surface area contributed by atoms with Crippen LogP contribution in [0.1, 0.15) is 18.4 Å². The lowest BCUT2D eigenvalue weighted by Gasteiger charge is -2.10. The van der Waals surface area contributed by atoms with Gasteiger partial charge in [-0.25, -0.2) is 0 Å². The van der Waals surface area contributed by atoms with Gasteiger partial charge in [0.05, 0.1) is 11.1 Å². The first kappa shape index (κ1) is 12.2. The van der Waals surface area contributed by atoms with Gasteiger partial charge in [0.1, 0.15) is 0 Å². The first-order valence-corrected chi connectivity index (χ1v) is 6.89. The van der Waals surface area contributed by atoms with Crippen LogP contribution in [0, 0.1) is 0 Å². The molecule has 16 heavy (non-hydrogen) atoms. The standard InChI is InChI=1S/C12H16ClNOS/c13-11-6-9(7-14)3-4-12(11)16-8-10-2-1-5-15-10/h3-4,6,10H,1-2,5,7-8,14H2. The molecule has 1 atom stereocenters. The fourth-order valence-corrected chi connectivity index (χ4v) is 3.10. The number of ether oxygens (including phenoxy) is 1. The van der Waals surface area contributed by atoms with Crippen LogP contribution in [0.5, 0.6) is 0 Å². The summed E-state index contributed by atoms with van der Waals surface area (Å²) in [4.78, 5) is 1.12. The Kier molecular flexibility index (Phi) is 4.53. The van der Waals surface area contributed by atoms with E-state index >= 15 is 0 Å². The summed E-state index contributed by atoms with van der Waals surface area (Å²) in [7, 11) is 0. The monoisotopic (exact) mass is 257 g/mol. The molecule has 0 aliphatic carbocycles. The Morgan fingerprint density at radius 3 is 3.00 bits per heavy atom. The second kappa shape index (κ2) is 5.92. The van der Waals surface area contributed by atoms with Crippen molar-refractivity contribution in [1.82, 2.24) is 0 Å². The van der Waals surface area contributed by atoms with E-state index in [4.69, 9.17) is 22.1 Å². The van der Waals surface area contributed by atoms with E-state index in [-0.39, 0.29) is 0 Å². The van der Waals surface area contributed by atoms with Gasteiger partial charge in [-0.1, -0.05) is 17.7 Å². The lowest BCUT2D eigenvalue weighted by atomic mass is 10.2. The Labute approximate surface area is 105 Å². The maximum atomic E-state index is 6.18. The lowest BCUT2D eigenvalue weighted by molar-refractivity contribution is 0.129. The fourth-order valence-electron chi connectivity index (χ4n) is 1.75. The Bertz CT molecular complexity index is 353. The Hall–Kier alpha value is -0.220. The van der Waals surface area contributed by atoms with Crippen LogP contribution in [0.15, 0.2) is 23.1 Å². The molecule has 1 fully saturated rings. The third-order valence-electron chi connectivity index (χ3n) is 2.68. The van der Waals surface area contributed by atoms with Crippen molar-refractivity contribution >= 4 is 23.4 Å². The van der Waals surface area contributed by atoms with E-state index in [0.29, 0.717) is 12.6 Å². The first-order chi connectivity index (χ1) is 7.79. The first-order valence-electron chi connectivity index (χ1n) is 5.52. The normalized spacial score (nSPS) is 20.2. The minimum atomic E-state index is 0.398. The van der Waals surface area contributed by atoms with Crippen molar-refractivity contribution in [2.75, 3.05) is 12.4 Å². The molecule has 4 heteroatoms. The minimum Gasteiger partial charge on any atom is -0.377 e. The van der Waals surface area contributed by atoms with Crippen LogP contribution in [-0.2, 0) is 11.3 Å². The number of hydrogen-bond acceptors (Lipinski definition) is 3. The summed E-state index contributed by atoms with van der Waals surface area (Å²) in [5.41, 5.74) is 6.63. The van der Waals surface area contributed by atoms with Crippen molar-refractivity contribution in [2.24, 2.45) is 5.73 Å². The molecule has 0 aromatic heterocycles. The van der Waals surface area contributed by atoms with E-state index in [0.717, 1.165) is 27.8 Å². The second-order valence-electron chi connectivity index (χ2n) is 3.91. The van der Waals surface area contributed by atoms with Gasteiger partial charge in [0.15, 0.2) is 0 Å². The number of nitrogens with two attached hydrogens (primary N) is 1. The number of rotatable bonds is 4. The average molecular weight is 258 g/mol. The average Bonchev–Trinajstić information content (AvgIpc) is 2.80. The second-order valence-corrected chi connectivity index (χ2v) is 5.38. The molecule has 0 saturated carbocycles. The van der Waals surface area contributed by atoms with Gasteiger partial charge in [0.2, 0.25) is 0 Å². The Morgan fingerprint density at radius 2 is 2.38 bits per heavy atom. The Balaban J connectivity index is 1.93. The molecule has 1 saturated heterocycles. The summed E-state index contributed by atoms with van der Waals surface area (Å²) in [6.45, 7) is 1.45. The fraction of sp³-hybridized carbons (Fsp3) is 0.500. The van der Waals surface area contributed by atoms with Gasteiger partial charge >= 0.3 is 0 Å².